The number of methoxy groups -OCH3 is 1. The van der Waals surface area contributed by atoms with Gasteiger partial charge in [-0.3, -0.25) is 14.7 Å². The van der Waals surface area contributed by atoms with Gasteiger partial charge in [0.25, 0.3) is 5.91 Å². The normalized spacial score (nSPS) is 18.0. The van der Waals surface area contributed by atoms with E-state index in [1.54, 1.807) is 17.0 Å². The number of H-pyrrole nitrogens is 1. The van der Waals surface area contributed by atoms with Crippen molar-refractivity contribution in [1.29, 1.82) is 0 Å². The van der Waals surface area contributed by atoms with Crippen molar-refractivity contribution in [2.24, 2.45) is 5.92 Å². The molecule has 1 aromatic carbocycles. The molecule has 1 atom stereocenters. The Balaban J connectivity index is 1.19. The van der Waals surface area contributed by atoms with Gasteiger partial charge >= 0.3 is 0 Å². The quantitative estimate of drug-likeness (QED) is 0.545. The lowest BCUT2D eigenvalue weighted by atomic mass is 9.92. The highest BCUT2D eigenvalue weighted by molar-refractivity contribution is 6.33. The molecule has 0 saturated carbocycles. The third kappa shape index (κ3) is 4.75. The first-order valence-electron chi connectivity index (χ1n) is 12.1. The van der Waals surface area contributed by atoms with Crippen LogP contribution in [0, 0.1) is 5.92 Å². The van der Waals surface area contributed by atoms with Crippen molar-refractivity contribution in [3.63, 3.8) is 0 Å². The number of likely N-dealkylation sites (tertiary alicyclic amines) is 1. The van der Waals surface area contributed by atoms with Crippen LogP contribution in [0.3, 0.4) is 0 Å². The minimum Gasteiger partial charge on any atom is -0.481 e. The highest BCUT2D eigenvalue weighted by atomic mass is 35.5. The molecule has 36 heavy (non-hydrogen) atoms. The molecule has 2 amide bonds. The number of rotatable bonds is 5. The molecule has 2 aliphatic rings. The van der Waals surface area contributed by atoms with Gasteiger partial charge in [0.2, 0.25) is 11.8 Å². The largest absolute Gasteiger partial charge is 0.481 e. The van der Waals surface area contributed by atoms with Crippen molar-refractivity contribution in [3.05, 3.63) is 58.9 Å². The van der Waals surface area contributed by atoms with Gasteiger partial charge < -0.3 is 19.9 Å². The van der Waals surface area contributed by atoms with Crippen molar-refractivity contribution in [1.82, 2.24) is 25.4 Å². The molecular formula is C26H29ClN6O3. The van der Waals surface area contributed by atoms with Crippen LogP contribution in [0.2, 0.25) is 5.02 Å². The standard InChI is InChI=1S/C26H29ClN6O3/c1-32-10-9-20(17-5-3-4-6-23(17)32)29-25(34)16-7-11-33(12-8-16)26(35)22-14-21(30-31-22)18-13-24(36-2)28-15-19(18)27/h3-6,13-16,20H,7-12H2,1-2H3,(H,29,34)(H,30,31). The molecule has 0 spiro atoms. The average molecular weight is 509 g/mol. The number of amides is 2. The number of carbonyl (C=O) groups is 2. The van der Waals surface area contributed by atoms with Crippen LogP contribution in [-0.2, 0) is 4.79 Å². The molecule has 4 heterocycles. The van der Waals surface area contributed by atoms with Crippen molar-refractivity contribution >= 4 is 29.1 Å². The molecule has 1 fully saturated rings. The fourth-order valence-corrected chi connectivity index (χ4v) is 5.19. The lowest BCUT2D eigenvalue weighted by molar-refractivity contribution is -0.127. The van der Waals surface area contributed by atoms with Crippen LogP contribution < -0.4 is 15.0 Å². The summed E-state index contributed by atoms with van der Waals surface area (Å²) < 4.78 is 5.17. The Kier molecular flexibility index (Phi) is 6.82. The number of halogens is 1. The van der Waals surface area contributed by atoms with Crippen LogP contribution in [0.15, 0.2) is 42.6 Å². The van der Waals surface area contributed by atoms with Gasteiger partial charge in [-0.1, -0.05) is 29.8 Å². The van der Waals surface area contributed by atoms with E-state index in [1.165, 1.54) is 19.0 Å². The average Bonchev–Trinajstić information content (AvgIpc) is 3.40. The first-order valence-corrected chi connectivity index (χ1v) is 12.5. The number of hydrogen-bond donors (Lipinski definition) is 2. The maximum Gasteiger partial charge on any atom is 0.274 e. The zero-order chi connectivity index (χ0) is 25.2. The molecule has 3 aromatic rings. The second-order valence-corrected chi connectivity index (χ2v) is 9.68. The summed E-state index contributed by atoms with van der Waals surface area (Å²) in [6, 6.07) is 11.6. The van der Waals surface area contributed by atoms with Gasteiger partial charge in [0.05, 0.1) is 30.1 Å². The first-order chi connectivity index (χ1) is 17.4. The monoisotopic (exact) mass is 508 g/mol. The van der Waals surface area contributed by atoms with E-state index in [4.69, 9.17) is 16.3 Å². The fourth-order valence-electron chi connectivity index (χ4n) is 4.98. The van der Waals surface area contributed by atoms with E-state index in [0.717, 1.165) is 18.5 Å². The van der Waals surface area contributed by atoms with Gasteiger partial charge in [0.15, 0.2) is 5.69 Å². The number of para-hydroxylation sites is 1. The van der Waals surface area contributed by atoms with E-state index in [1.807, 2.05) is 12.1 Å². The number of aromatic amines is 1. The molecular weight excluding hydrogens is 480 g/mol. The van der Waals surface area contributed by atoms with E-state index in [9.17, 15) is 9.59 Å². The van der Waals surface area contributed by atoms with Crippen molar-refractivity contribution < 1.29 is 14.3 Å². The van der Waals surface area contributed by atoms with Crippen LogP contribution in [0.1, 0.15) is 41.4 Å². The molecule has 188 valence electrons. The van der Waals surface area contributed by atoms with Crippen LogP contribution in [0.5, 0.6) is 5.88 Å². The Hall–Kier alpha value is -3.59. The Morgan fingerprint density at radius 2 is 1.92 bits per heavy atom. The third-order valence-corrected chi connectivity index (χ3v) is 7.37. The number of aromatic nitrogens is 3. The molecule has 9 nitrogen and oxygen atoms in total. The molecule has 5 rings (SSSR count). The fraction of sp³-hybridized carbons (Fsp3) is 0.385. The smallest absolute Gasteiger partial charge is 0.274 e. The predicted molar refractivity (Wildman–Crippen MR) is 137 cm³/mol. The summed E-state index contributed by atoms with van der Waals surface area (Å²) in [4.78, 5) is 34.2. The van der Waals surface area contributed by atoms with Crippen LogP contribution >= 0.6 is 11.6 Å². The van der Waals surface area contributed by atoms with Gasteiger partial charge in [-0.05, 0) is 37.0 Å². The number of piperidine rings is 1. The highest BCUT2D eigenvalue weighted by Crippen LogP contribution is 2.33. The molecule has 1 saturated heterocycles. The van der Waals surface area contributed by atoms with Gasteiger partial charge in [0, 0.05) is 49.9 Å². The molecule has 1 unspecified atom stereocenters. The third-order valence-electron chi connectivity index (χ3n) is 7.07. The summed E-state index contributed by atoms with van der Waals surface area (Å²) >= 11 is 6.27. The lowest BCUT2D eigenvalue weighted by Crippen LogP contribution is -2.44. The van der Waals surface area contributed by atoms with Gasteiger partial charge in [-0.25, -0.2) is 4.98 Å². The number of benzene rings is 1. The second-order valence-electron chi connectivity index (χ2n) is 9.27. The minimum atomic E-state index is -0.169. The van der Waals surface area contributed by atoms with Gasteiger partial charge in [-0.15, -0.1) is 0 Å². The van der Waals surface area contributed by atoms with Crippen LogP contribution in [-0.4, -0.2) is 65.7 Å². The van der Waals surface area contributed by atoms with Crippen molar-refractivity contribution in [3.8, 4) is 17.1 Å². The summed E-state index contributed by atoms with van der Waals surface area (Å²) in [5, 5.41) is 10.8. The summed E-state index contributed by atoms with van der Waals surface area (Å²) in [7, 11) is 3.60. The summed E-state index contributed by atoms with van der Waals surface area (Å²) in [5.41, 5.74) is 3.90. The first kappa shape index (κ1) is 24.1. The number of anilines is 1. The topological polar surface area (TPSA) is 103 Å². The lowest BCUT2D eigenvalue weighted by Gasteiger charge is -2.35. The van der Waals surface area contributed by atoms with Gasteiger partial charge in [0.1, 0.15) is 0 Å². The number of hydrogen-bond acceptors (Lipinski definition) is 6. The van der Waals surface area contributed by atoms with Crippen LogP contribution in [0.4, 0.5) is 5.69 Å². The number of carbonyl (C=O) groups excluding carboxylic acids is 2. The Morgan fingerprint density at radius 1 is 1.14 bits per heavy atom. The molecule has 0 aliphatic carbocycles. The Morgan fingerprint density at radius 3 is 2.69 bits per heavy atom. The number of fused-ring (bicyclic) bond motifs is 1. The van der Waals surface area contributed by atoms with E-state index in [2.05, 4.69) is 44.6 Å². The molecule has 0 radical (unpaired) electrons. The number of nitrogens with one attached hydrogen (secondary N) is 2. The number of nitrogens with zero attached hydrogens (tertiary/aromatic N) is 4. The van der Waals surface area contributed by atoms with Crippen molar-refractivity contribution in [2.45, 2.75) is 25.3 Å². The highest BCUT2D eigenvalue weighted by Gasteiger charge is 2.31. The Bertz CT molecular complexity index is 1270. The van der Waals surface area contributed by atoms with Gasteiger partial charge in [-0.2, -0.15) is 5.10 Å². The second kappa shape index (κ2) is 10.2. The molecule has 2 N–H and O–H groups in total. The SMILES string of the molecule is COc1cc(-c2cc(C(=O)N3CCC(C(=O)NC4CCN(C)c5ccccc54)CC3)n[nH]2)c(Cl)cn1. The Labute approximate surface area is 214 Å². The zero-order valence-electron chi connectivity index (χ0n) is 20.3. The van der Waals surface area contributed by atoms with E-state index in [0.29, 0.717) is 53.8 Å². The molecule has 2 aliphatic heterocycles. The maximum atomic E-state index is 13.1. The van der Waals surface area contributed by atoms with Crippen molar-refractivity contribution in [2.75, 3.05) is 38.7 Å². The number of ether oxygens (including phenoxy) is 1. The zero-order valence-corrected chi connectivity index (χ0v) is 21.1. The van der Waals surface area contributed by atoms with Crippen LogP contribution in [0.25, 0.3) is 11.3 Å². The van der Waals surface area contributed by atoms with E-state index in [-0.39, 0.29) is 23.8 Å². The molecule has 10 heteroatoms. The van der Waals surface area contributed by atoms with E-state index >= 15 is 0 Å². The summed E-state index contributed by atoms with van der Waals surface area (Å²) in [5.74, 6) is 0.201. The minimum absolute atomic E-state index is 0.0191. The number of pyridine rings is 1. The molecule has 0 bridgehead atoms. The summed E-state index contributed by atoms with van der Waals surface area (Å²) in [6.45, 7) is 1.91. The summed E-state index contributed by atoms with van der Waals surface area (Å²) in [6.07, 6.45) is 3.62. The predicted octanol–water partition coefficient (Wildman–Crippen LogP) is 3.68. The molecule has 2 aromatic heterocycles. The maximum absolute atomic E-state index is 13.1. The van der Waals surface area contributed by atoms with E-state index < -0.39 is 0 Å².